The van der Waals surface area contributed by atoms with Crippen LogP contribution in [0.2, 0.25) is 13.1 Å². The van der Waals surface area contributed by atoms with E-state index in [-0.39, 0.29) is 5.97 Å². The standard InChI is InChI=1S/C17H25BrO3Si/c1-6-20-16(19)14(2)12-17(3,21-22(4,5)13-18)15-10-8-7-9-11-15/h7-11H,2,6,12-13H2,1,3-5H3/t17-/m0/s1. The predicted molar refractivity (Wildman–Crippen MR) is 96.5 cm³/mol. The van der Waals surface area contributed by atoms with Gasteiger partial charge in [0.1, 0.15) is 0 Å². The van der Waals surface area contributed by atoms with Crippen LogP contribution in [0.3, 0.4) is 0 Å². The highest BCUT2D eigenvalue weighted by Crippen LogP contribution is 2.35. The zero-order valence-electron chi connectivity index (χ0n) is 13.8. The average Bonchev–Trinajstić information content (AvgIpc) is 2.47. The Bertz CT molecular complexity index is 516. The second-order valence-electron chi connectivity index (χ2n) is 6.09. The number of benzene rings is 1. The van der Waals surface area contributed by atoms with E-state index in [9.17, 15) is 4.79 Å². The largest absolute Gasteiger partial charge is 0.463 e. The van der Waals surface area contributed by atoms with Gasteiger partial charge in [-0.05, 0) is 32.5 Å². The molecule has 0 radical (unpaired) electrons. The topological polar surface area (TPSA) is 35.5 Å². The average molecular weight is 385 g/mol. The molecule has 0 heterocycles. The van der Waals surface area contributed by atoms with E-state index in [1.165, 1.54) is 0 Å². The van der Waals surface area contributed by atoms with Gasteiger partial charge in [0.25, 0.3) is 0 Å². The van der Waals surface area contributed by atoms with Crippen molar-refractivity contribution < 1.29 is 14.0 Å². The zero-order chi connectivity index (χ0) is 16.8. The first kappa shape index (κ1) is 19.1. The molecule has 1 aromatic carbocycles. The minimum Gasteiger partial charge on any atom is -0.463 e. The molecule has 0 spiro atoms. The number of hydrogen-bond donors (Lipinski definition) is 0. The summed E-state index contributed by atoms with van der Waals surface area (Å²) in [5, 5.41) is 0. The van der Waals surface area contributed by atoms with E-state index in [1.54, 1.807) is 6.92 Å². The van der Waals surface area contributed by atoms with Crippen LogP contribution >= 0.6 is 15.9 Å². The molecule has 1 atom stereocenters. The van der Waals surface area contributed by atoms with Gasteiger partial charge in [-0.1, -0.05) is 52.8 Å². The molecule has 22 heavy (non-hydrogen) atoms. The van der Waals surface area contributed by atoms with Crippen molar-refractivity contribution in [3.8, 4) is 0 Å². The van der Waals surface area contributed by atoms with Crippen LogP contribution in [0.15, 0.2) is 42.5 Å². The molecule has 0 aliphatic carbocycles. The lowest BCUT2D eigenvalue weighted by atomic mass is 9.89. The molecule has 0 aliphatic rings. The van der Waals surface area contributed by atoms with Crippen LogP contribution in [-0.2, 0) is 19.6 Å². The quantitative estimate of drug-likeness (QED) is 0.285. The Morgan fingerprint density at radius 1 is 1.32 bits per heavy atom. The fraction of sp³-hybridized carbons (Fsp3) is 0.471. The van der Waals surface area contributed by atoms with Gasteiger partial charge in [-0.25, -0.2) is 4.79 Å². The van der Waals surface area contributed by atoms with Gasteiger partial charge in [0, 0.05) is 16.9 Å². The van der Waals surface area contributed by atoms with Gasteiger partial charge in [0.05, 0.1) is 12.2 Å². The van der Waals surface area contributed by atoms with E-state index in [0.717, 1.165) is 10.5 Å². The second kappa shape index (κ2) is 8.08. The Balaban J connectivity index is 3.07. The second-order valence-corrected chi connectivity index (χ2v) is 11.8. The fourth-order valence-corrected chi connectivity index (χ4v) is 4.14. The third-order valence-electron chi connectivity index (χ3n) is 3.32. The highest BCUT2D eigenvalue weighted by Gasteiger charge is 2.37. The summed E-state index contributed by atoms with van der Waals surface area (Å²) >= 11 is 3.54. The molecule has 0 N–H and O–H groups in total. The van der Waals surface area contributed by atoms with Crippen LogP contribution in [-0.4, -0.2) is 25.8 Å². The van der Waals surface area contributed by atoms with Crippen molar-refractivity contribution in [2.75, 3.05) is 11.6 Å². The number of alkyl halides is 1. The van der Waals surface area contributed by atoms with Gasteiger partial charge in [0.15, 0.2) is 8.32 Å². The SMILES string of the molecule is C=C(C[C@](C)(O[Si](C)(C)CBr)c1ccccc1)C(=O)OCC. The molecule has 3 nitrogen and oxygen atoms in total. The highest BCUT2D eigenvalue weighted by molar-refractivity contribution is 9.09. The molecule has 0 aliphatic heterocycles. The summed E-state index contributed by atoms with van der Waals surface area (Å²) in [7, 11) is -1.89. The number of carbonyl (C=O) groups excluding carboxylic acids is 1. The highest BCUT2D eigenvalue weighted by atomic mass is 79.9. The van der Waals surface area contributed by atoms with Crippen LogP contribution in [0.1, 0.15) is 25.8 Å². The monoisotopic (exact) mass is 384 g/mol. The van der Waals surface area contributed by atoms with Gasteiger partial charge in [-0.3, -0.25) is 0 Å². The molecule has 1 aromatic rings. The minimum absolute atomic E-state index is 0.350. The number of halogens is 1. The lowest BCUT2D eigenvalue weighted by molar-refractivity contribution is -0.139. The zero-order valence-corrected chi connectivity index (χ0v) is 16.4. The van der Waals surface area contributed by atoms with Crippen LogP contribution < -0.4 is 0 Å². The molecular formula is C17H25BrO3Si. The van der Waals surface area contributed by atoms with Crippen molar-refractivity contribution in [3.63, 3.8) is 0 Å². The van der Waals surface area contributed by atoms with Crippen LogP contribution in [0, 0.1) is 0 Å². The normalized spacial score (nSPS) is 14.2. The van der Waals surface area contributed by atoms with Crippen molar-refractivity contribution in [2.45, 2.75) is 39.0 Å². The van der Waals surface area contributed by atoms with Gasteiger partial charge < -0.3 is 9.16 Å². The molecular weight excluding hydrogens is 360 g/mol. The molecule has 5 heteroatoms. The Hall–Kier alpha value is -0.913. The molecule has 0 amide bonds. The minimum atomic E-state index is -1.89. The first-order valence-electron chi connectivity index (χ1n) is 7.40. The maximum absolute atomic E-state index is 11.9. The van der Waals surface area contributed by atoms with E-state index in [1.807, 2.05) is 37.3 Å². The third kappa shape index (κ3) is 5.37. The number of hydrogen-bond acceptors (Lipinski definition) is 3. The summed E-state index contributed by atoms with van der Waals surface area (Å²) in [5.74, 6) is -0.355. The van der Waals surface area contributed by atoms with E-state index in [2.05, 4.69) is 35.6 Å². The molecule has 0 aromatic heterocycles. The van der Waals surface area contributed by atoms with E-state index in [0.29, 0.717) is 18.6 Å². The third-order valence-corrected chi connectivity index (χ3v) is 9.02. The van der Waals surface area contributed by atoms with Crippen molar-refractivity contribution in [3.05, 3.63) is 48.0 Å². The van der Waals surface area contributed by atoms with Gasteiger partial charge in [-0.15, -0.1) is 0 Å². The molecule has 122 valence electrons. The smallest absolute Gasteiger partial charge is 0.333 e. The van der Waals surface area contributed by atoms with E-state index < -0.39 is 13.9 Å². The summed E-state index contributed by atoms with van der Waals surface area (Å²) in [6.07, 6.45) is 0.416. The first-order valence-corrected chi connectivity index (χ1v) is 11.6. The molecule has 0 fully saturated rings. The summed E-state index contributed by atoms with van der Waals surface area (Å²) in [5.41, 5.74) is 0.892. The number of esters is 1. The first-order chi connectivity index (χ1) is 10.2. The van der Waals surface area contributed by atoms with Crippen molar-refractivity contribution in [1.82, 2.24) is 0 Å². The molecule has 0 saturated carbocycles. The maximum Gasteiger partial charge on any atom is 0.333 e. The molecule has 0 bridgehead atoms. The van der Waals surface area contributed by atoms with E-state index in [4.69, 9.17) is 9.16 Å². The summed E-state index contributed by atoms with van der Waals surface area (Å²) < 4.78 is 11.5. The predicted octanol–water partition coefficient (Wildman–Crippen LogP) is 4.57. The summed E-state index contributed by atoms with van der Waals surface area (Å²) in [4.78, 5) is 12.7. The van der Waals surface area contributed by atoms with Gasteiger partial charge in [0.2, 0.25) is 0 Å². The Kier molecular flexibility index (Phi) is 7.03. The van der Waals surface area contributed by atoms with Crippen molar-refractivity contribution >= 4 is 30.2 Å². The van der Waals surface area contributed by atoms with E-state index >= 15 is 0 Å². The van der Waals surface area contributed by atoms with Gasteiger partial charge >= 0.3 is 5.97 Å². The van der Waals surface area contributed by atoms with Crippen LogP contribution in [0.4, 0.5) is 0 Å². The Labute approximate surface area is 143 Å². The lowest BCUT2D eigenvalue weighted by Crippen LogP contribution is -2.43. The Morgan fingerprint density at radius 2 is 1.91 bits per heavy atom. The summed E-state index contributed by atoms with van der Waals surface area (Å²) in [6, 6.07) is 9.98. The van der Waals surface area contributed by atoms with Crippen LogP contribution in [0.25, 0.3) is 0 Å². The lowest BCUT2D eigenvalue weighted by Gasteiger charge is -2.38. The summed E-state index contributed by atoms with van der Waals surface area (Å²) in [6.45, 7) is 12.3. The van der Waals surface area contributed by atoms with Crippen LogP contribution in [0.5, 0.6) is 0 Å². The molecule has 1 rings (SSSR count). The van der Waals surface area contributed by atoms with Crippen molar-refractivity contribution in [2.24, 2.45) is 0 Å². The number of rotatable bonds is 8. The Morgan fingerprint density at radius 3 is 2.41 bits per heavy atom. The number of ether oxygens (including phenoxy) is 1. The molecule has 0 saturated heterocycles. The van der Waals surface area contributed by atoms with Crippen molar-refractivity contribution in [1.29, 1.82) is 0 Å². The molecule has 0 unspecified atom stereocenters. The van der Waals surface area contributed by atoms with Gasteiger partial charge in [-0.2, -0.15) is 0 Å². The number of carbonyl (C=O) groups is 1. The fourth-order valence-electron chi connectivity index (χ4n) is 2.34. The maximum atomic E-state index is 11.9.